The van der Waals surface area contributed by atoms with Crippen LogP contribution in [0.25, 0.3) is 0 Å². The van der Waals surface area contributed by atoms with Gasteiger partial charge in [0.2, 0.25) is 0 Å². The van der Waals surface area contributed by atoms with Gasteiger partial charge in [0, 0.05) is 19.4 Å². The Balaban J connectivity index is 2.16. The largest absolute Gasteiger partial charge is 0.276 e. The zero-order chi connectivity index (χ0) is 12.3. The van der Waals surface area contributed by atoms with E-state index < -0.39 is 0 Å². The lowest BCUT2D eigenvalue weighted by molar-refractivity contribution is 0.538. The molecule has 1 atom stereocenters. The average molecular weight is 231 g/mol. The summed E-state index contributed by atoms with van der Waals surface area (Å²) in [6.45, 7) is 2.04. The van der Waals surface area contributed by atoms with Crippen molar-refractivity contribution >= 4 is 0 Å². The Kier molecular flexibility index (Phi) is 3.51. The lowest BCUT2D eigenvalue weighted by Gasteiger charge is -2.14. The molecule has 0 aliphatic heterocycles. The van der Waals surface area contributed by atoms with Gasteiger partial charge < -0.3 is 0 Å². The van der Waals surface area contributed by atoms with Crippen molar-refractivity contribution in [2.45, 2.75) is 19.4 Å². The van der Waals surface area contributed by atoms with Crippen molar-refractivity contribution in [3.05, 3.63) is 47.5 Å². The predicted octanol–water partition coefficient (Wildman–Crippen LogP) is 0.871. The van der Waals surface area contributed by atoms with E-state index in [4.69, 9.17) is 5.84 Å². The standard InChI is InChI=1S/C12H17N5/c1-9-3-4-14-11(5-9)12(16-13)6-10-7-15-17(2)8-10/h3-5,7-8,12,16H,6,13H2,1-2H3. The van der Waals surface area contributed by atoms with Crippen molar-refractivity contribution in [2.75, 3.05) is 0 Å². The Hall–Kier alpha value is -1.72. The van der Waals surface area contributed by atoms with Gasteiger partial charge in [0.15, 0.2) is 0 Å². The molecule has 0 bridgehead atoms. The van der Waals surface area contributed by atoms with Gasteiger partial charge in [-0.25, -0.2) is 0 Å². The molecular formula is C12H17N5. The summed E-state index contributed by atoms with van der Waals surface area (Å²) in [5.41, 5.74) is 6.08. The summed E-state index contributed by atoms with van der Waals surface area (Å²) in [7, 11) is 1.90. The van der Waals surface area contributed by atoms with Gasteiger partial charge in [-0.1, -0.05) is 0 Å². The molecule has 2 rings (SSSR count). The Morgan fingerprint density at radius 2 is 2.35 bits per heavy atom. The van der Waals surface area contributed by atoms with Crippen LogP contribution in [0.2, 0.25) is 0 Å². The van der Waals surface area contributed by atoms with Crippen LogP contribution in [-0.2, 0) is 13.5 Å². The molecule has 2 heterocycles. The molecule has 0 aliphatic rings. The molecule has 5 nitrogen and oxygen atoms in total. The fourth-order valence-corrected chi connectivity index (χ4v) is 1.81. The van der Waals surface area contributed by atoms with E-state index in [9.17, 15) is 0 Å². The van der Waals surface area contributed by atoms with Crippen LogP contribution >= 0.6 is 0 Å². The van der Waals surface area contributed by atoms with E-state index in [-0.39, 0.29) is 6.04 Å². The zero-order valence-corrected chi connectivity index (χ0v) is 10.1. The molecule has 0 saturated heterocycles. The molecule has 5 heteroatoms. The topological polar surface area (TPSA) is 68.8 Å². The van der Waals surface area contributed by atoms with Crippen LogP contribution < -0.4 is 11.3 Å². The number of hydrogen-bond acceptors (Lipinski definition) is 4. The first kappa shape index (κ1) is 11.8. The van der Waals surface area contributed by atoms with Gasteiger partial charge in [-0.3, -0.25) is 20.9 Å². The maximum absolute atomic E-state index is 5.59. The molecule has 17 heavy (non-hydrogen) atoms. The first-order valence-corrected chi connectivity index (χ1v) is 5.55. The zero-order valence-electron chi connectivity index (χ0n) is 10.1. The Labute approximate surface area is 101 Å². The van der Waals surface area contributed by atoms with Crippen LogP contribution in [0.5, 0.6) is 0 Å². The number of pyridine rings is 1. The van der Waals surface area contributed by atoms with Crippen LogP contribution in [0, 0.1) is 6.92 Å². The fourth-order valence-electron chi connectivity index (χ4n) is 1.81. The van der Waals surface area contributed by atoms with Gasteiger partial charge in [0.1, 0.15) is 0 Å². The minimum Gasteiger partial charge on any atom is -0.276 e. The van der Waals surface area contributed by atoms with Crippen LogP contribution in [0.4, 0.5) is 0 Å². The van der Waals surface area contributed by atoms with Gasteiger partial charge in [-0.15, -0.1) is 0 Å². The minimum absolute atomic E-state index is 0.0131. The first-order valence-electron chi connectivity index (χ1n) is 5.55. The van der Waals surface area contributed by atoms with E-state index in [0.29, 0.717) is 0 Å². The van der Waals surface area contributed by atoms with Gasteiger partial charge in [0.25, 0.3) is 0 Å². The van der Waals surface area contributed by atoms with Gasteiger partial charge in [0.05, 0.1) is 17.9 Å². The summed E-state index contributed by atoms with van der Waals surface area (Å²) in [5, 5.41) is 4.14. The summed E-state index contributed by atoms with van der Waals surface area (Å²) < 4.78 is 1.78. The fraction of sp³-hybridized carbons (Fsp3) is 0.333. The highest BCUT2D eigenvalue weighted by atomic mass is 15.2. The van der Waals surface area contributed by atoms with E-state index in [1.165, 1.54) is 5.56 Å². The smallest absolute Gasteiger partial charge is 0.0673 e. The maximum atomic E-state index is 5.59. The number of nitrogens with zero attached hydrogens (tertiary/aromatic N) is 3. The van der Waals surface area contributed by atoms with E-state index in [1.807, 2.05) is 38.5 Å². The Morgan fingerprint density at radius 1 is 1.53 bits per heavy atom. The van der Waals surface area contributed by atoms with Crippen LogP contribution in [0.15, 0.2) is 30.7 Å². The highest BCUT2D eigenvalue weighted by Crippen LogP contribution is 2.16. The molecule has 3 N–H and O–H groups in total. The highest BCUT2D eigenvalue weighted by molar-refractivity contribution is 5.19. The predicted molar refractivity (Wildman–Crippen MR) is 66.0 cm³/mol. The first-order chi connectivity index (χ1) is 8.19. The van der Waals surface area contributed by atoms with Crippen LogP contribution in [0.1, 0.15) is 22.9 Å². The lowest BCUT2D eigenvalue weighted by Crippen LogP contribution is -2.30. The SMILES string of the molecule is Cc1ccnc(C(Cc2cnn(C)c2)NN)c1. The van der Waals surface area contributed by atoms with Crippen molar-refractivity contribution < 1.29 is 0 Å². The molecule has 0 fully saturated rings. The highest BCUT2D eigenvalue weighted by Gasteiger charge is 2.12. The quantitative estimate of drug-likeness (QED) is 0.605. The molecule has 0 radical (unpaired) electrons. The van der Waals surface area contributed by atoms with E-state index in [0.717, 1.165) is 17.7 Å². The van der Waals surface area contributed by atoms with Gasteiger partial charge in [-0.2, -0.15) is 5.10 Å². The second-order valence-electron chi connectivity index (χ2n) is 4.20. The monoisotopic (exact) mass is 231 g/mol. The molecule has 90 valence electrons. The summed E-state index contributed by atoms with van der Waals surface area (Å²) in [4.78, 5) is 4.34. The number of nitrogens with two attached hydrogens (primary N) is 1. The average Bonchev–Trinajstić information content (AvgIpc) is 2.72. The third kappa shape index (κ3) is 2.89. The number of nitrogens with one attached hydrogen (secondary N) is 1. The number of hydrazine groups is 1. The second-order valence-corrected chi connectivity index (χ2v) is 4.20. The number of hydrogen-bond donors (Lipinski definition) is 2. The normalized spacial score (nSPS) is 12.6. The van der Waals surface area contributed by atoms with E-state index in [1.54, 1.807) is 10.9 Å². The second kappa shape index (κ2) is 5.07. The Bertz CT molecular complexity index is 491. The Morgan fingerprint density at radius 3 is 2.94 bits per heavy atom. The molecule has 0 saturated carbocycles. The van der Waals surface area contributed by atoms with E-state index in [2.05, 4.69) is 15.5 Å². The molecule has 2 aromatic rings. The number of aryl methyl sites for hydroxylation is 2. The molecule has 2 aromatic heterocycles. The summed E-state index contributed by atoms with van der Waals surface area (Å²) in [5.74, 6) is 5.59. The molecule has 0 aromatic carbocycles. The maximum Gasteiger partial charge on any atom is 0.0673 e. The number of aromatic nitrogens is 3. The molecular weight excluding hydrogens is 214 g/mol. The number of rotatable bonds is 4. The molecule has 0 spiro atoms. The lowest BCUT2D eigenvalue weighted by atomic mass is 10.1. The molecule has 1 unspecified atom stereocenters. The minimum atomic E-state index is 0.0131. The van der Waals surface area contributed by atoms with Crippen molar-refractivity contribution in [1.29, 1.82) is 0 Å². The molecule has 0 amide bonds. The third-order valence-electron chi connectivity index (χ3n) is 2.69. The van der Waals surface area contributed by atoms with Gasteiger partial charge in [-0.05, 0) is 36.6 Å². The van der Waals surface area contributed by atoms with E-state index >= 15 is 0 Å². The van der Waals surface area contributed by atoms with Crippen molar-refractivity contribution in [3.8, 4) is 0 Å². The van der Waals surface area contributed by atoms with Gasteiger partial charge >= 0.3 is 0 Å². The summed E-state index contributed by atoms with van der Waals surface area (Å²) in [6, 6.07) is 4.03. The third-order valence-corrected chi connectivity index (χ3v) is 2.69. The van der Waals surface area contributed by atoms with Crippen molar-refractivity contribution in [1.82, 2.24) is 20.2 Å². The van der Waals surface area contributed by atoms with Crippen LogP contribution in [-0.4, -0.2) is 14.8 Å². The summed E-state index contributed by atoms with van der Waals surface area (Å²) >= 11 is 0. The molecule has 0 aliphatic carbocycles. The van der Waals surface area contributed by atoms with Crippen molar-refractivity contribution in [3.63, 3.8) is 0 Å². The van der Waals surface area contributed by atoms with Crippen molar-refractivity contribution in [2.24, 2.45) is 12.9 Å². The summed E-state index contributed by atoms with van der Waals surface area (Å²) in [6.07, 6.45) is 6.42. The van der Waals surface area contributed by atoms with Crippen LogP contribution in [0.3, 0.4) is 0 Å².